The van der Waals surface area contributed by atoms with E-state index in [2.05, 4.69) is 0 Å². The minimum atomic E-state index is -0.900. The fraction of sp³-hybridized carbons (Fsp3) is 0. The van der Waals surface area contributed by atoms with E-state index in [-0.39, 0.29) is 0 Å². The minimum Gasteiger partial charge on any atom is -0.478 e. The molecule has 0 aliphatic carbocycles. The number of nitrogens with zero attached hydrogens (tertiary/aromatic N) is 1. The van der Waals surface area contributed by atoms with Gasteiger partial charge in [0.05, 0.1) is 11.1 Å². The Morgan fingerprint density at radius 3 is 2.44 bits per heavy atom. The molecule has 2 aromatic heterocycles. The molecule has 0 atom stereocenters. The third-order valence-corrected chi connectivity index (χ3v) is 2.98. The first kappa shape index (κ1) is 10.6. The number of fused-ring (bicyclic) bond motifs is 1. The number of benzene rings is 1. The van der Waals surface area contributed by atoms with Gasteiger partial charge in [-0.2, -0.15) is 0 Å². The Kier molecular flexibility index (Phi) is 2.38. The lowest BCUT2D eigenvalue weighted by molar-refractivity contribution is 0.0700. The van der Waals surface area contributed by atoms with Crippen LogP contribution < -0.4 is 0 Å². The van der Waals surface area contributed by atoms with Gasteiger partial charge in [-0.05, 0) is 17.7 Å². The van der Waals surface area contributed by atoms with E-state index in [9.17, 15) is 9.90 Å². The van der Waals surface area contributed by atoms with E-state index in [1.54, 1.807) is 0 Å². The largest absolute Gasteiger partial charge is 0.478 e. The summed E-state index contributed by atoms with van der Waals surface area (Å²) < 4.78 is 1.84. The Balaban J connectivity index is 2.36. The molecule has 1 aromatic carbocycles. The smallest absolute Gasteiger partial charge is 0.338 e. The summed E-state index contributed by atoms with van der Waals surface area (Å²) in [6, 6.07) is 15.1. The molecule has 3 rings (SSSR count). The van der Waals surface area contributed by atoms with E-state index in [0.717, 1.165) is 11.1 Å². The van der Waals surface area contributed by atoms with E-state index in [1.165, 1.54) is 0 Å². The molecule has 3 aromatic rings. The Hall–Kier alpha value is -2.55. The van der Waals surface area contributed by atoms with Gasteiger partial charge in [-0.3, -0.25) is 0 Å². The van der Waals surface area contributed by atoms with E-state index in [1.807, 2.05) is 65.3 Å². The van der Waals surface area contributed by atoms with Gasteiger partial charge in [0.15, 0.2) is 0 Å². The van der Waals surface area contributed by atoms with Gasteiger partial charge < -0.3 is 9.51 Å². The molecule has 0 aliphatic heterocycles. The van der Waals surface area contributed by atoms with Crippen LogP contribution in [0.4, 0.5) is 0 Å². The van der Waals surface area contributed by atoms with E-state index >= 15 is 0 Å². The maximum absolute atomic E-state index is 11.5. The summed E-state index contributed by atoms with van der Waals surface area (Å²) in [6.07, 6.45) is 3.71. The highest BCUT2D eigenvalue weighted by Gasteiger charge is 2.17. The van der Waals surface area contributed by atoms with E-state index < -0.39 is 5.97 Å². The lowest BCUT2D eigenvalue weighted by atomic mass is 10.0. The monoisotopic (exact) mass is 237 g/mol. The second-order valence-electron chi connectivity index (χ2n) is 4.08. The minimum absolute atomic E-state index is 0.349. The van der Waals surface area contributed by atoms with Crippen molar-refractivity contribution in [1.29, 1.82) is 0 Å². The van der Waals surface area contributed by atoms with Crippen molar-refractivity contribution in [3.05, 3.63) is 66.5 Å². The fourth-order valence-corrected chi connectivity index (χ4v) is 2.18. The van der Waals surface area contributed by atoms with Crippen LogP contribution in [0.2, 0.25) is 0 Å². The molecule has 0 radical (unpaired) electrons. The Morgan fingerprint density at radius 1 is 1.00 bits per heavy atom. The van der Waals surface area contributed by atoms with Gasteiger partial charge in [-0.25, -0.2) is 4.79 Å². The van der Waals surface area contributed by atoms with Gasteiger partial charge in [0.1, 0.15) is 0 Å². The molecule has 1 N–H and O–H groups in total. The maximum Gasteiger partial charge on any atom is 0.338 e. The average molecular weight is 237 g/mol. The molecule has 0 amide bonds. The molecule has 88 valence electrons. The molecule has 0 fully saturated rings. The average Bonchev–Trinajstić information content (AvgIpc) is 2.79. The third-order valence-electron chi connectivity index (χ3n) is 2.98. The molecule has 18 heavy (non-hydrogen) atoms. The number of carboxylic acids is 1. The van der Waals surface area contributed by atoms with E-state index in [4.69, 9.17) is 0 Å². The first-order chi connectivity index (χ1) is 8.77. The first-order valence-electron chi connectivity index (χ1n) is 5.66. The second-order valence-corrected chi connectivity index (χ2v) is 4.08. The van der Waals surface area contributed by atoms with Crippen molar-refractivity contribution in [2.24, 2.45) is 0 Å². The molecule has 0 aliphatic rings. The first-order valence-corrected chi connectivity index (χ1v) is 5.66. The lowest BCUT2D eigenvalue weighted by Crippen LogP contribution is -1.97. The van der Waals surface area contributed by atoms with E-state index in [0.29, 0.717) is 11.1 Å². The van der Waals surface area contributed by atoms with Gasteiger partial charge in [0, 0.05) is 18.0 Å². The fourth-order valence-electron chi connectivity index (χ4n) is 2.18. The Morgan fingerprint density at radius 2 is 1.72 bits per heavy atom. The van der Waals surface area contributed by atoms with Gasteiger partial charge in [0.25, 0.3) is 0 Å². The molecular weight excluding hydrogens is 226 g/mol. The summed E-state index contributed by atoms with van der Waals surface area (Å²) in [4.78, 5) is 11.5. The molecule has 0 saturated heterocycles. The molecular formula is C15H11NO2. The quantitative estimate of drug-likeness (QED) is 0.743. The van der Waals surface area contributed by atoms with Crippen LogP contribution in [0, 0.1) is 0 Å². The van der Waals surface area contributed by atoms with Crippen molar-refractivity contribution in [1.82, 2.24) is 4.40 Å². The van der Waals surface area contributed by atoms with Crippen molar-refractivity contribution in [2.45, 2.75) is 0 Å². The van der Waals surface area contributed by atoms with Crippen molar-refractivity contribution >= 4 is 11.5 Å². The number of carboxylic acid groups (broad SMARTS) is 1. The van der Waals surface area contributed by atoms with Crippen LogP contribution in [0.25, 0.3) is 16.6 Å². The number of rotatable bonds is 2. The Bertz CT molecular complexity index is 714. The zero-order valence-corrected chi connectivity index (χ0v) is 9.58. The van der Waals surface area contributed by atoms with Crippen molar-refractivity contribution in [2.75, 3.05) is 0 Å². The summed E-state index contributed by atoms with van der Waals surface area (Å²) in [5, 5.41) is 9.40. The normalized spacial score (nSPS) is 10.7. The van der Waals surface area contributed by atoms with Crippen molar-refractivity contribution in [3.63, 3.8) is 0 Å². The second kappa shape index (κ2) is 4.04. The predicted molar refractivity (Wildman–Crippen MR) is 69.8 cm³/mol. The number of aromatic carboxylic acids is 1. The van der Waals surface area contributed by atoms with Crippen molar-refractivity contribution < 1.29 is 9.90 Å². The summed E-state index contributed by atoms with van der Waals surface area (Å²) >= 11 is 0. The molecule has 3 nitrogen and oxygen atoms in total. The van der Waals surface area contributed by atoms with Crippen LogP contribution in [-0.4, -0.2) is 15.5 Å². The third kappa shape index (κ3) is 1.57. The number of aromatic nitrogens is 1. The van der Waals surface area contributed by atoms with Crippen LogP contribution >= 0.6 is 0 Å². The van der Waals surface area contributed by atoms with Gasteiger partial charge in [-0.15, -0.1) is 0 Å². The highest BCUT2D eigenvalue weighted by Crippen LogP contribution is 2.28. The SMILES string of the molecule is O=C(O)c1c(-c2ccccc2)cn2ccccc12. The van der Waals surface area contributed by atoms with Crippen LogP contribution in [0.15, 0.2) is 60.9 Å². The molecule has 0 unspecified atom stereocenters. The van der Waals surface area contributed by atoms with Crippen LogP contribution in [0.1, 0.15) is 10.4 Å². The standard InChI is InChI=1S/C15H11NO2/c17-15(18)14-12(11-6-2-1-3-7-11)10-16-9-5-4-8-13(14)16/h1-10H,(H,17,18). The van der Waals surface area contributed by atoms with Crippen LogP contribution in [0.5, 0.6) is 0 Å². The number of pyridine rings is 1. The topological polar surface area (TPSA) is 41.7 Å². The van der Waals surface area contributed by atoms with Crippen LogP contribution in [0.3, 0.4) is 0 Å². The summed E-state index contributed by atoms with van der Waals surface area (Å²) in [6.45, 7) is 0. The molecule has 0 bridgehead atoms. The highest BCUT2D eigenvalue weighted by atomic mass is 16.4. The zero-order valence-electron chi connectivity index (χ0n) is 9.58. The molecule has 0 spiro atoms. The molecule has 0 saturated carbocycles. The lowest BCUT2D eigenvalue weighted by Gasteiger charge is -1.99. The van der Waals surface area contributed by atoms with Crippen LogP contribution in [-0.2, 0) is 0 Å². The van der Waals surface area contributed by atoms with Gasteiger partial charge in [-0.1, -0.05) is 36.4 Å². The van der Waals surface area contributed by atoms with Crippen molar-refractivity contribution in [3.8, 4) is 11.1 Å². The Labute approximate surface area is 104 Å². The van der Waals surface area contributed by atoms with Gasteiger partial charge >= 0.3 is 5.97 Å². The summed E-state index contributed by atoms with van der Waals surface area (Å²) in [7, 11) is 0. The number of hydrogen-bond donors (Lipinski definition) is 1. The summed E-state index contributed by atoms with van der Waals surface area (Å²) in [5.41, 5.74) is 2.72. The predicted octanol–water partition coefficient (Wildman–Crippen LogP) is 3.30. The highest BCUT2D eigenvalue weighted by molar-refractivity contribution is 6.03. The molecule has 2 heterocycles. The number of hydrogen-bond acceptors (Lipinski definition) is 1. The zero-order chi connectivity index (χ0) is 12.5. The number of carbonyl (C=O) groups is 1. The molecule has 3 heteroatoms. The van der Waals surface area contributed by atoms with Gasteiger partial charge in [0.2, 0.25) is 0 Å². The maximum atomic E-state index is 11.5. The summed E-state index contributed by atoms with van der Waals surface area (Å²) in [5.74, 6) is -0.900.